The van der Waals surface area contributed by atoms with E-state index in [-0.39, 0.29) is 11.9 Å². The van der Waals surface area contributed by atoms with Crippen LogP contribution in [0.1, 0.15) is 37.0 Å². The minimum absolute atomic E-state index is 0.0651. The Bertz CT molecular complexity index is 437. The van der Waals surface area contributed by atoms with Crippen molar-refractivity contribution in [1.82, 2.24) is 5.32 Å². The lowest BCUT2D eigenvalue weighted by Gasteiger charge is -2.20. The molecule has 0 unspecified atom stereocenters. The van der Waals surface area contributed by atoms with E-state index in [0.717, 1.165) is 18.8 Å². The molecular formula is C14H21N3O. The summed E-state index contributed by atoms with van der Waals surface area (Å²) in [7, 11) is 0. The second kappa shape index (κ2) is 5.29. The van der Waals surface area contributed by atoms with Crippen molar-refractivity contribution in [2.45, 2.75) is 32.7 Å². The van der Waals surface area contributed by atoms with E-state index in [1.807, 2.05) is 26.0 Å². The van der Waals surface area contributed by atoms with Crippen LogP contribution in [0.3, 0.4) is 0 Å². The van der Waals surface area contributed by atoms with Crippen LogP contribution in [0.5, 0.6) is 0 Å². The molecule has 3 N–H and O–H groups in total. The first-order valence-corrected chi connectivity index (χ1v) is 6.53. The maximum Gasteiger partial charge on any atom is 0.251 e. The second-order valence-corrected chi connectivity index (χ2v) is 5.10. The Morgan fingerprint density at radius 3 is 2.56 bits per heavy atom. The summed E-state index contributed by atoms with van der Waals surface area (Å²) >= 11 is 0. The summed E-state index contributed by atoms with van der Waals surface area (Å²) in [6.07, 6.45) is 2.43. The summed E-state index contributed by atoms with van der Waals surface area (Å²) in [5, 5.41) is 2.87. The van der Waals surface area contributed by atoms with Crippen LogP contribution in [0.15, 0.2) is 18.2 Å². The zero-order chi connectivity index (χ0) is 13.1. The maximum atomic E-state index is 11.9. The molecule has 0 saturated carbocycles. The zero-order valence-corrected chi connectivity index (χ0v) is 11.1. The van der Waals surface area contributed by atoms with E-state index >= 15 is 0 Å². The first kappa shape index (κ1) is 12.7. The third-order valence-corrected chi connectivity index (χ3v) is 3.16. The normalized spacial score (nSPS) is 15.2. The van der Waals surface area contributed by atoms with Gasteiger partial charge in [-0.2, -0.15) is 0 Å². The molecule has 2 rings (SSSR count). The molecule has 4 nitrogen and oxygen atoms in total. The van der Waals surface area contributed by atoms with Crippen LogP contribution in [0, 0.1) is 0 Å². The fraction of sp³-hybridized carbons (Fsp3) is 0.500. The molecule has 1 saturated heterocycles. The third kappa shape index (κ3) is 2.75. The van der Waals surface area contributed by atoms with E-state index in [0.29, 0.717) is 11.3 Å². The van der Waals surface area contributed by atoms with E-state index in [4.69, 9.17) is 5.73 Å². The van der Waals surface area contributed by atoms with Crippen LogP contribution >= 0.6 is 0 Å². The molecule has 0 atom stereocenters. The number of benzene rings is 1. The number of hydrogen-bond acceptors (Lipinski definition) is 3. The molecule has 1 fully saturated rings. The van der Waals surface area contributed by atoms with Crippen LogP contribution in [-0.2, 0) is 0 Å². The van der Waals surface area contributed by atoms with E-state index in [1.54, 1.807) is 6.07 Å². The van der Waals surface area contributed by atoms with E-state index in [9.17, 15) is 4.79 Å². The Morgan fingerprint density at radius 2 is 2.00 bits per heavy atom. The van der Waals surface area contributed by atoms with Gasteiger partial charge in [0.2, 0.25) is 0 Å². The monoisotopic (exact) mass is 247 g/mol. The van der Waals surface area contributed by atoms with Gasteiger partial charge in [-0.15, -0.1) is 0 Å². The van der Waals surface area contributed by atoms with Gasteiger partial charge in [-0.05, 0) is 44.9 Å². The SMILES string of the molecule is CC(C)NC(=O)c1ccc(N2CCCC2)c(N)c1. The molecule has 0 radical (unpaired) electrons. The smallest absolute Gasteiger partial charge is 0.251 e. The van der Waals surface area contributed by atoms with Crippen molar-refractivity contribution in [2.75, 3.05) is 23.7 Å². The maximum absolute atomic E-state index is 11.9. The lowest BCUT2D eigenvalue weighted by atomic mass is 10.1. The van der Waals surface area contributed by atoms with Gasteiger partial charge in [0.1, 0.15) is 0 Å². The number of nitrogens with one attached hydrogen (secondary N) is 1. The Hall–Kier alpha value is -1.71. The third-order valence-electron chi connectivity index (χ3n) is 3.16. The number of hydrogen-bond donors (Lipinski definition) is 2. The van der Waals surface area contributed by atoms with Gasteiger partial charge in [-0.3, -0.25) is 4.79 Å². The molecule has 1 aromatic rings. The highest BCUT2D eigenvalue weighted by molar-refractivity contribution is 5.96. The lowest BCUT2D eigenvalue weighted by Crippen LogP contribution is -2.30. The van der Waals surface area contributed by atoms with Gasteiger partial charge in [0, 0.05) is 24.7 Å². The van der Waals surface area contributed by atoms with E-state index in [1.165, 1.54) is 12.8 Å². The van der Waals surface area contributed by atoms with Crippen molar-refractivity contribution in [1.29, 1.82) is 0 Å². The van der Waals surface area contributed by atoms with Crippen molar-refractivity contribution >= 4 is 17.3 Å². The van der Waals surface area contributed by atoms with Crippen LogP contribution in [0.25, 0.3) is 0 Å². The van der Waals surface area contributed by atoms with Crippen LogP contribution < -0.4 is 16.0 Å². The first-order valence-electron chi connectivity index (χ1n) is 6.53. The minimum atomic E-state index is -0.0651. The molecule has 0 aromatic heterocycles. The van der Waals surface area contributed by atoms with Crippen LogP contribution in [0.4, 0.5) is 11.4 Å². The molecule has 1 amide bonds. The van der Waals surface area contributed by atoms with Crippen molar-refractivity contribution in [2.24, 2.45) is 0 Å². The number of amides is 1. The first-order chi connectivity index (χ1) is 8.58. The molecule has 4 heteroatoms. The summed E-state index contributed by atoms with van der Waals surface area (Å²) < 4.78 is 0. The molecule has 1 heterocycles. The average Bonchev–Trinajstić information content (AvgIpc) is 2.81. The van der Waals surface area contributed by atoms with Gasteiger partial charge >= 0.3 is 0 Å². The number of nitrogen functional groups attached to an aromatic ring is 1. The van der Waals surface area contributed by atoms with Crippen molar-refractivity contribution in [3.63, 3.8) is 0 Å². The highest BCUT2D eigenvalue weighted by Gasteiger charge is 2.16. The standard InChI is InChI=1S/C14H21N3O/c1-10(2)16-14(18)11-5-6-13(12(15)9-11)17-7-3-4-8-17/h5-6,9-10H,3-4,7-8,15H2,1-2H3,(H,16,18). The van der Waals surface area contributed by atoms with Gasteiger partial charge in [0.05, 0.1) is 11.4 Å². The number of nitrogens with two attached hydrogens (primary N) is 1. The fourth-order valence-electron chi connectivity index (χ4n) is 2.29. The quantitative estimate of drug-likeness (QED) is 0.803. The van der Waals surface area contributed by atoms with Gasteiger partial charge in [-0.25, -0.2) is 0 Å². The summed E-state index contributed by atoms with van der Waals surface area (Å²) in [6, 6.07) is 5.71. The molecule has 98 valence electrons. The van der Waals surface area contributed by atoms with Crippen molar-refractivity contribution in [3.05, 3.63) is 23.8 Å². The number of carbonyl (C=O) groups excluding carboxylic acids is 1. The average molecular weight is 247 g/mol. The molecule has 0 spiro atoms. The van der Waals surface area contributed by atoms with E-state index < -0.39 is 0 Å². The predicted molar refractivity (Wildman–Crippen MR) is 74.9 cm³/mol. The second-order valence-electron chi connectivity index (χ2n) is 5.10. The highest BCUT2D eigenvalue weighted by Crippen LogP contribution is 2.27. The van der Waals surface area contributed by atoms with Crippen LogP contribution in [-0.4, -0.2) is 25.0 Å². The lowest BCUT2D eigenvalue weighted by molar-refractivity contribution is 0.0943. The van der Waals surface area contributed by atoms with E-state index in [2.05, 4.69) is 10.2 Å². The van der Waals surface area contributed by atoms with Gasteiger partial charge < -0.3 is 16.0 Å². The summed E-state index contributed by atoms with van der Waals surface area (Å²) in [5.41, 5.74) is 8.41. The van der Waals surface area contributed by atoms with Gasteiger partial charge in [0.15, 0.2) is 0 Å². The van der Waals surface area contributed by atoms with Gasteiger partial charge in [-0.1, -0.05) is 0 Å². The Kier molecular flexibility index (Phi) is 3.75. The zero-order valence-electron chi connectivity index (χ0n) is 11.1. The largest absolute Gasteiger partial charge is 0.397 e. The number of nitrogens with zero attached hydrogens (tertiary/aromatic N) is 1. The fourth-order valence-corrected chi connectivity index (χ4v) is 2.29. The molecule has 1 aliphatic rings. The molecule has 18 heavy (non-hydrogen) atoms. The number of anilines is 2. The predicted octanol–water partition coefficient (Wildman–Crippen LogP) is 2.01. The molecule has 0 aliphatic carbocycles. The number of carbonyl (C=O) groups is 1. The van der Waals surface area contributed by atoms with Crippen molar-refractivity contribution in [3.8, 4) is 0 Å². The van der Waals surface area contributed by atoms with Crippen LogP contribution in [0.2, 0.25) is 0 Å². The summed E-state index contributed by atoms with van der Waals surface area (Å²) in [4.78, 5) is 14.1. The topological polar surface area (TPSA) is 58.4 Å². The van der Waals surface area contributed by atoms with Crippen molar-refractivity contribution < 1.29 is 4.79 Å². The Balaban J connectivity index is 2.16. The molecular weight excluding hydrogens is 226 g/mol. The minimum Gasteiger partial charge on any atom is -0.397 e. The Labute approximate surface area is 108 Å². The summed E-state index contributed by atoms with van der Waals surface area (Å²) in [5.74, 6) is -0.0651. The number of rotatable bonds is 3. The molecule has 1 aliphatic heterocycles. The molecule has 0 bridgehead atoms. The highest BCUT2D eigenvalue weighted by atomic mass is 16.1. The molecule has 1 aromatic carbocycles. The summed E-state index contributed by atoms with van der Waals surface area (Å²) in [6.45, 7) is 6.00. The Morgan fingerprint density at radius 1 is 1.33 bits per heavy atom. The van der Waals surface area contributed by atoms with Gasteiger partial charge in [0.25, 0.3) is 5.91 Å².